The molecule has 1 unspecified atom stereocenters. The van der Waals surface area contributed by atoms with Crippen molar-refractivity contribution in [3.8, 4) is 0 Å². The molecule has 0 amide bonds. The zero-order valence-corrected chi connectivity index (χ0v) is 9.40. The highest BCUT2D eigenvalue weighted by atomic mass is 79.9. The first-order chi connectivity index (χ1) is 6.72. The third-order valence-corrected chi connectivity index (χ3v) is 2.68. The van der Waals surface area contributed by atoms with Crippen LogP contribution >= 0.6 is 15.9 Å². The summed E-state index contributed by atoms with van der Waals surface area (Å²) in [5.74, 6) is 0. The van der Waals surface area contributed by atoms with Crippen LogP contribution in [0.3, 0.4) is 0 Å². The van der Waals surface area contributed by atoms with E-state index in [1.165, 1.54) is 0 Å². The molecule has 0 spiro atoms. The Labute approximate surface area is 90.2 Å². The molecule has 0 fully saturated rings. The summed E-state index contributed by atoms with van der Waals surface area (Å²) in [6, 6.07) is 6.10. The van der Waals surface area contributed by atoms with Gasteiger partial charge in [-0.2, -0.15) is 0 Å². The Morgan fingerprint density at radius 3 is 3.07 bits per heavy atom. The van der Waals surface area contributed by atoms with Gasteiger partial charge in [0.1, 0.15) is 5.52 Å². The maximum absolute atomic E-state index is 5.59. The average Bonchev–Trinajstić information content (AvgIpc) is 2.59. The van der Waals surface area contributed by atoms with E-state index in [0.29, 0.717) is 6.54 Å². The lowest BCUT2D eigenvalue weighted by Gasteiger charge is -2.08. The van der Waals surface area contributed by atoms with E-state index in [9.17, 15) is 0 Å². The summed E-state index contributed by atoms with van der Waals surface area (Å²) >= 11 is 3.39. The first kappa shape index (κ1) is 9.61. The number of nitrogens with two attached hydrogens (primary N) is 1. The van der Waals surface area contributed by atoms with E-state index in [1.807, 2.05) is 29.8 Å². The number of aromatic nitrogens is 3. The van der Waals surface area contributed by atoms with E-state index in [4.69, 9.17) is 5.73 Å². The molecule has 2 N–H and O–H groups in total. The first-order valence-electron chi connectivity index (χ1n) is 4.43. The SMILES string of the molecule is CC(CN)n1nnc2cc(Br)ccc21. The molecule has 0 bridgehead atoms. The molecule has 74 valence electrons. The van der Waals surface area contributed by atoms with Crippen molar-refractivity contribution in [2.75, 3.05) is 6.54 Å². The predicted octanol–water partition coefficient (Wildman–Crippen LogP) is 1.71. The molecule has 1 heterocycles. The molecular formula is C9H11BrN4. The Hall–Kier alpha value is -0.940. The molecule has 2 rings (SSSR count). The van der Waals surface area contributed by atoms with Crippen LogP contribution < -0.4 is 5.73 Å². The second-order valence-electron chi connectivity index (χ2n) is 3.25. The standard InChI is InChI=1S/C9H11BrN4/c1-6(5-11)14-9-3-2-7(10)4-8(9)12-13-14/h2-4,6H,5,11H2,1H3. The minimum Gasteiger partial charge on any atom is -0.328 e. The fourth-order valence-electron chi connectivity index (χ4n) is 1.34. The Balaban J connectivity index is 2.58. The number of hydrogen-bond donors (Lipinski definition) is 1. The van der Waals surface area contributed by atoms with Gasteiger partial charge in [-0.15, -0.1) is 5.10 Å². The molecule has 0 aliphatic rings. The topological polar surface area (TPSA) is 56.7 Å². The molecule has 4 nitrogen and oxygen atoms in total. The summed E-state index contributed by atoms with van der Waals surface area (Å²) < 4.78 is 2.86. The van der Waals surface area contributed by atoms with Gasteiger partial charge in [-0.3, -0.25) is 0 Å². The summed E-state index contributed by atoms with van der Waals surface area (Å²) in [5, 5.41) is 8.15. The number of hydrogen-bond acceptors (Lipinski definition) is 3. The maximum Gasteiger partial charge on any atom is 0.114 e. The van der Waals surface area contributed by atoms with E-state index in [0.717, 1.165) is 15.5 Å². The molecule has 0 saturated carbocycles. The molecule has 0 saturated heterocycles. The van der Waals surface area contributed by atoms with Crippen molar-refractivity contribution in [2.24, 2.45) is 5.73 Å². The van der Waals surface area contributed by atoms with E-state index in [1.54, 1.807) is 0 Å². The predicted molar refractivity (Wildman–Crippen MR) is 59.0 cm³/mol. The third kappa shape index (κ3) is 1.53. The van der Waals surface area contributed by atoms with Gasteiger partial charge < -0.3 is 5.73 Å². The van der Waals surface area contributed by atoms with Crippen LogP contribution in [0.2, 0.25) is 0 Å². The van der Waals surface area contributed by atoms with E-state index >= 15 is 0 Å². The lowest BCUT2D eigenvalue weighted by molar-refractivity contribution is 0.500. The van der Waals surface area contributed by atoms with Gasteiger partial charge in [0.2, 0.25) is 0 Å². The Morgan fingerprint density at radius 1 is 1.57 bits per heavy atom. The normalized spacial score (nSPS) is 13.4. The molecule has 0 radical (unpaired) electrons. The number of rotatable bonds is 2. The van der Waals surface area contributed by atoms with Crippen LogP contribution in [-0.4, -0.2) is 21.5 Å². The molecule has 14 heavy (non-hydrogen) atoms. The summed E-state index contributed by atoms with van der Waals surface area (Å²) in [4.78, 5) is 0. The van der Waals surface area contributed by atoms with Crippen molar-refractivity contribution in [2.45, 2.75) is 13.0 Å². The largest absolute Gasteiger partial charge is 0.328 e. The minimum absolute atomic E-state index is 0.182. The van der Waals surface area contributed by atoms with Crippen molar-refractivity contribution < 1.29 is 0 Å². The zero-order chi connectivity index (χ0) is 10.1. The molecule has 0 aliphatic carbocycles. The number of halogens is 1. The summed E-state index contributed by atoms with van der Waals surface area (Å²) in [6.07, 6.45) is 0. The van der Waals surface area contributed by atoms with Crippen LogP contribution in [0.1, 0.15) is 13.0 Å². The quantitative estimate of drug-likeness (QED) is 0.888. The van der Waals surface area contributed by atoms with Gasteiger partial charge >= 0.3 is 0 Å². The van der Waals surface area contributed by atoms with Crippen LogP contribution in [0.25, 0.3) is 11.0 Å². The van der Waals surface area contributed by atoms with Crippen LogP contribution in [0.5, 0.6) is 0 Å². The van der Waals surface area contributed by atoms with E-state index in [-0.39, 0.29) is 6.04 Å². The fraction of sp³-hybridized carbons (Fsp3) is 0.333. The molecular weight excluding hydrogens is 244 g/mol. The average molecular weight is 255 g/mol. The van der Waals surface area contributed by atoms with E-state index < -0.39 is 0 Å². The fourth-order valence-corrected chi connectivity index (χ4v) is 1.69. The van der Waals surface area contributed by atoms with Crippen LogP contribution in [0, 0.1) is 0 Å². The van der Waals surface area contributed by atoms with Gasteiger partial charge in [0.25, 0.3) is 0 Å². The molecule has 5 heteroatoms. The maximum atomic E-state index is 5.59. The Kier molecular flexibility index (Phi) is 2.52. The van der Waals surface area contributed by atoms with Gasteiger partial charge in [-0.05, 0) is 25.1 Å². The smallest absolute Gasteiger partial charge is 0.114 e. The van der Waals surface area contributed by atoms with Crippen LogP contribution in [-0.2, 0) is 0 Å². The summed E-state index contributed by atoms with van der Waals surface area (Å²) in [7, 11) is 0. The lowest BCUT2D eigenvalue weighted by atomic mass is 10.3. The molecule has 1 aromatic carbocycles. The highest BCUT2D eigenvalue weighted by Crippen LogP contribution is 2.19. The van der Waals surface area contributed by atoms with Crippen molar-refractivity contribution in [3.63, 3.8) is 0 Å². The van der Waals surface area contributed by atoms with Gasteiger partial charge in [0, 0.05) is 11.0 Å². The highest BCUT2D eigenvalue weighted by Gasteiger charge is 2.09. The van der Waals surface area contributed by atoms with Crippen LogP contribution in [0.4, 0.5) is 0 Å². The highest BCUT2D eigenvalue weighted by molar-refractivity contribution is 9.10. The number of benzene rings is 1. The van der Waals surface area contributed by atoms with Crippen LogP contribution in [0.15, 0.2) is 22.7 Å². The molecule has 2 aromatic rings. The Bertz CT molecular complexity index is 451. The zero-order valence-electron chi connectivity index (χ0n) is 7.81. The van der Waals surface area contributed by atoms with Crippen molar-refractivity contribution >= 4 is 27.0 Å². The number of nitrogens with zero attached hydrogens (tertiary/aromatic N) is 3. The number of fused-ring (bicyclic) bond motifs is 1. The van der Waals surface area contributed by atoms with Crippen molar-refractivity contribution in [1.29, 1.82) is 0 Å². The van der Waals surface area contributed by atoms with Gasteiger partial charge in [-0.1, -0.05) is 21.1 Å². The van der Waals surface area contributed by atoms with Gasteiger partial charge in [-0.25, -0.2) is 4.68 Å². The monoisotopic (exact) mass is 254 g/mol. The molecule has 1 atom stereocenters. The first-order valence-corrected chi connectivity index (χ1v) is 5.22. The minimum atomic E-state index is 0.182. The summed E-state index contributed by atoms with van der Waals surface area (Å²) in [5.41, 5.74) is 7.49. The molecule has 0 aliphatic heterocycles. The second kappa shape index (κ2) is 3.67. The second-order valence-corrected chi connectivity index (χ2v) is 4.17. The van der Waals surface area contributed by atoms with Gasteiger partial charge in [0.15, 0.2) is 0 Å². The lowest BCUT2D eigenvalue weighted by Crippen LogP contribution is -2.17. The van der Waals surface area contributed by atoms with E-state index in [2.05, 4.69) is 26.2 Å². The third-order valence-electron chi connectivity index (χ3n) is 2.19. The summed E-state index contributed by atoms with van der Waals surface area (Å²) in [6.45, 7) is 2.59. The Morgan fingerprint density at radius 2 is 2.36 bits per heavy atom. The van der Waals surface area contributed by atoms with Gasteiger partial charge in [0.05, 0.1) is 11.6 Å². The molecule has 1 aromatic heterocycles. The van der Waals surface area contributed by atoms with Crippen molar-refractivity contribution in [3.05, 3.63) is 22.7 Å². The van der Waals surface area contributed by atoms with Crippen molar-refractivity contribution in [1.82, 2.24) is 15.0 Å².